The summed E-state index contributed by atoms with van der Waals surface area (Å²) in [7, 11) is 0. The Balaban J connectivity index is 1.91. The molecule has 0 saturated carbocycles. The van der Waals surface area contributed by atoms with Crippen LogP contribution in [0.4, 0.5) is 0 Å². The molecule has 1 aliphatic rings. The van der Waals surface area contributed by atoms with Crippen molar-refractivity contribution in [3.63, 3.8) is 0 Å². The standard InChI is InChI=1S/C19H22O6/c1-3-23-12-8-14(20)13-10-16(22)19(25-18(13)9-12)11-5-6-17(24-4-2)15(21)7-11/h5-9,16,19-22H,3-4,10H2,1-2H3. The highest BCUT2D eigenvalue weighted by atomic mass is 16.5. The van der Waals surface area contributed by atoms with Crippen LogP contribution in [0.3, 0.4) is 0 Å². The number of aromatic hydroxyl groups is 2. The third-order valence-electron chi connectivity index (χ3n) is 4.10. The van der Waals surface area contributed by atoms with E-state index in [1.807, 2.05) is 13.8 Å². The molecule has 0 radical (unpaired) electrons. The Morgan fingerprint density at radius 3 is 2.48 bits per heavy atom. The number of phenolic OH excluding ortho intramolecular Hbond substituents is 2. The number of phenols is 2. The molecule has 6 nitrogen and oxygen atoms in total. The van der Waals surface area contributed by atoms with Crippen molar-refractivity contribution in [2.75, 3.05) is 13.2 Å². The smallest absolute Gasteiger partial charge is 0.160 e. The van der Waals surface area contributed by atoms with E-state index in [0.717, 1.165) is 0 Å². The summed E-state index contributed by atoms with van der Waals surface area (Å²) in [5.74, 6) is 1.38. The minimum Gasteiger partial charge on any atom is -0.507 e. The van der Waals surface area contributed by atoms with Gasteiger partial charge in [-0.25, -0.2) is 0 Å². The van der Waals surface area contributed by atoms with Crippen molar-refractivity contribution in [3.8, 4) is 28.7 Å². The van der Waals surface area contributed by atoms with Gasteiger partial charge in [-0.3, -0.25) is 0 Å². The number of aliphatic hydroxyl groups is 1. The maximum atomic E-state index is 10.4. The van der Waals surface area contributed by atoms with Gasteiger partial charge >= 0.3 is 0 Å². The number of fused-ring (bicyclic) bond motifs is 1. The molecule has 3 rings (SSSR count). The fraction of sp³-hybridized carbons (Fsp3) is 0.368. The predicted molar refractivity (Wildman–Crippen MR) is 91.6 cm³/mol. The number of rotatable bonds is 5. The summed E-state index contributed by atoms with van der Waals surface area (Å²) in [6, 6.07) is 8.13. The molecule has 25 heavy (non-hydrogen) atoms. The Hall–Kier alpha value is -2.60. The van der Waals surface area contributed by atoms with Crippen LogP contribution in [0.25, 0.3) is 0 Å². The first kappa shape index (κ1) is 17.2. The third kappa shape index (κ3) is 3.44. The first-order valence-corrected chi connectivity index (χ1v) is 8.32. The van der Waals surface area contributed by atoms with Gasteiger partial charge in [0.25, 0.3) is 0 Å². The second-order valence-corrected chi connectivity index (χ2v) is 5.82. The molecule has 3 N–H and O–H groups in total. The lowest BCUT2D eigenvalue weighted by Gasteiger charge is -2.31. The fourth-order valence-corrected chi connectivity index (χ4v) is 2.98. The molecule has 1 heterocycles. The minimum absolute atomic E-state index is 0.00754. The summed E-state index contributed by atoms with van der Waals surface area (Å²) in [4.78, 5) is 0. The van der Waals surface area contributed by atoms with Gasteiger partial charge in [0.1, 0.15) is 23.4 Å². The molecular weight excluding hydrogens is 324 g/mol. The molecule has 6 heteroatoms. The summed E-state index contributed by atoms with van der Waals surface area (Å²) in [6.07, 6.45) is -1.27. The number of hydrogen-bond acceptors (Lipinski definition) is 6. The summed E-state index contributed by atoms with van der Waals surface area (Å²) in [5, 5.41) is 30.7. The van der Waals surface area contributed by atoms with E-state index in [4.69, 9.17) is 14.2 Å². The number of aliphatic hydroxyl groups excluding tert-OH is 1. The third-order valence-corrected chi connectivity index (χ3v) is 4.10. The molecule has 1 aliphatic heterocycles. The van der Waals surface area contributed by atoms with E-state index in [-0.39, 0.29) is 17.9 Å². The molecule has 0 amide bonds. The average molecular weight is 346 g/mol. The van der Waals surface area contributed by atoms with Crippen LogP contribution < -0.4 is 14.2 Å². The lowest BCUT2D eigenvalue weighted by Crippen LogP contribution is -2.30. The van der Waals surface area contributed by atoms with Crippen molar-refractivity contribution in [3.05, 3.63) is 41.5 Å². The van der Waals surface area contributed by atoms with Crippen LogP contribution in [0.5, 0.6) is 28.7 Å². The Kier molecular flexibility index (Phi) is 4.90. The van der Waals surface area contributed by atoms with Crippen LogP contribution in [0.1, 0.15) is 31.1 Å². The molecule has 0 aliphatic carbocycles. The zero-order valence-corrected chi connectivity index (χ0v) is 14.2. The molecule has 0 fully saturated rings. The first-order chi connectivity index (χ1) is 12.0. The summed E-state index contributed by atoms with van der Waals surface area (Å²) >= 11 is 0. The normalized spacial score (nSPS) is 19.0. The van der Waals surface area contributed by atoms with Gasteiger partial charge in [-0.2, -0.15) is 0 Å². The van der Waals surface area contributed by atoms with Crippen LogP contribution >= 0.6 is 0 Å². The maximum Gasteiger partial charge on any atom is 0.160 e. The maximum absolute atomic E-state index is 10.4. The van der Waals surface area contributed by atoms with E-state index in [9.17, 15) is 15.3 Å². The van der Waals surface area contributed by atoms with E-state index < -0.39 is 12.2 Å². The molecule has 134 valence electrons. The molecule has 0 saturated heterocycles. The highest BCUT2D eigenvalue weighted by Gasteiger charge is 2.32. The quantitative estimate of drug-likeness (QED) is 0.771. The van der Waals surface area contributed by atoms with Gasteiger partial charge in [0.2, 0.25) is 0 Å². The van der Waals surface area contributed by atoms with Crippen LogP contribution in [0.2, 0.25) is 0 Å². The van der Waals surface area contributed by atoms with Crippen molar-refractivity contribution >= 4 is 0 Å². The van der Waals surface area contributed by atoms with E-state index in [2.05, 4.69) is 0 Å². The van der Waals surface area contributed by atoms with E-state index in [1.54, 1.807) is 18.2 Å². The summed E-state index contributed by atoms with van der Waals surface area (Å²) in [5.41, 5.74) is 1.17. The first-order valence-electron chi connectivity index (χ1n) is 8.32. The summed E-state index contributed by atoms with van der Waals surface area (Å²) < 4.78 is 16.7. The molecule has 2 aromatic rings. The van der Waals surface area contributed by atoms with Crippen LogP contribution in [-0.4, -0.2) is 34.6 Å². The number of benzene rings is 2. The second kappa shape index (κ2) is 7.11. The number of ether oxygens (including phenoxy) is 3. The van der Waals surface area contributed by atoms with Crippen molar-refractivity contribution in [1.82, 2.24) is 0 Å². The molecule has 2 atom stereocenters. The van der Waals surface area contributed by atoms with E-state index in [1.165, 1.54) is 12.1 Å². The predicted octanol–water partition coefficient (Wildman–Crippen LogP) is 2.93. The number of hydrogen-bond donors (Lipinski definition) is 3. The lowest BCUT2D eigenvalue weighted by atomic mass is 9.94. The monoisotopic (exact) mass is 346 g/mol. The SMILES string of the molecule is CCOc1cc(O)c2c(c1)OC(c1ccc(OCC)c(O)c1)C(O)C2. The Morgan fingerprint density at radius 1 is 1.04 bits per heavy atom. The molecule has 0 spiro atoms. The van der Waals surface area contributed by atoms with Crippen molar-refractivity contribution in [2.24, 2.45) is 0 Å². The van der Waals surface area contributed by atoms with Crippen molar-refractivity contribution in [2.45, 2.75) is 32.5 Å². The highest BCUT2D eigenvalue weighted by molar-refractivity contribution is 5.52. The van der Waals surface area contributed by atoms with E-state index in [0.29, 0.717) is 41.6 Å². The van der Waals surface area contributed by atoms with Gasteiger partial charge in [0.15, 0.2) is 11.5 Å². The van der Waals surface area contributed by atoms with E-state index >= 15 is 0 Å². The summed E-state index contributed by atoms with van der Waals surface area (Å²) in [6.45, 7) is 4.60. The molecule has 2 aromatic carbocycles. The largest absolute Gasteiger partial charge is 0.507 e. The van der Waals surface area contributed by atoms with Crippen molar-refractivity contribution in [1.29, 1.82) is 0 Å². The topological polar surface area (TPSA) is 88.4 Å². The van der Waals surface area contributed by atoms with Gasteiger partial charge in [0, 0.05) is 24.1 Å². The van der Waals surface area contributed by atoms with Gasteiger partial charge in [-0.05, 0) is 31.5 Å². The van der Waals surface area contributed by atoms with Gasteiger partial charge in [-0.15, -0.1) is 0 Å². The molecule has 0 bridgehead atoms. The van der Waals surface area contributed by atoms with Crippen LogP contribution in [0, 0.1) is 0 Å². The molecular formula is C19H22O6. The van der Waals surface area contributed by atoms with Gasteiger partial charge < -0.3 is 29.5 Å². The van der Waals surface area contributed by atoms with Crippen LogP contribution in [-0.2, 0) is 6.42 Å². The van der Waals surface area contributed by atoms with Gasteiger partial charge in [0.05, 0.1) is 19.3 Å². The highest BCUT2D eigenvalue weighted by Crippen LogP contribution is 2.43. The molecule has 0 aromatic heterocycles. The average Bonchev–Trinajstić information content (AvgIpc) is 2.57. The Bertz CT molecular complexity index is 758. The lowest BCUT2D eigenvalue weighted by molar-refractivity contribution is 0.0196. The Labute approximate surface area is 146 Å². The van der Waals surface area contributed by atoms with Crippen LogP contribution in [0.15, 0.2) is 30.3 Å². The second-order valence-electron chi connectivity index (χ2n) is 5.82. The van der Waals surface area contributed by atoms with Crippen molar-refractivity contribution < 1.29 is 29.5 Å². The fourth-order valence-electron chi connectivity index (χ4n) is 2.98. The minimum atomic E-state index is -0.853. The zero-order valence-electron chi connectivity index (χ0n) is 14.2. The van der Waals surface area contributed by atoms with Gasteiger partial charge in [-0.1, -0.05) is 6.07 Å². The molecule has 2 unspecified atom stereocenters. The Morgan fingerprint density at radius 2 is 1.80 bits per heavy atom. The zero-order chi connectivity index (χ0) is 18.0.